The molecule has 1 aliphatic heterocycles. The van der Waals surface area contributed by atoms with Crippen LogP contribution < -0.4 is 15.8 Å². The van der Waals surface area contributed by atoms with Crippen molar-refractivity contribution in [2.24, 2.45) is 5.73 Å². The molecule has 45 heavy (non-hydrogen) atoms. The van der Waals surface area contributed by atoms with E-state index in [0.717, 1.165) is 70.1 Å². The Morgan fingerprint density at radius 2 is 1.60 bits per heavy atom. The van der Waals surface area contributed by atoms with Gasteiger partial charge in [-0.3, -0.25) is 9.29 Å². The highest BCUT2D eigenvalue weighted by atomic mass is 32.2. The average Bonchev–Trinajstić information content (AvgIpc) is 3.39. The number of rotatable bonds is 6. The molecule has 0 bridgehead atoms. The lowest BCUT2D eigenvalue weighted by Gasteiger charge is -2.38. The molecule has 6 aromatic rings. The zero-order valence-corrected chi connectivity index (χ0v) is 25.1. The van der Waals surface area contributed by atoms with Crippen LogP contribution in [0.1, 0.15) is 24.8 Å². The highest BCUT2D eigenvalue weighted by Gasteiger charge is 2.34. The third-order valence-electron chi connectivity index (χ3n) is 8.75. The van der Waals surface area contributed by atoms with Crippen LogP contribution in [0, 0.1) is 0 Å². The van der Waals surface area contributed by atoms with Gasteiger partial charge in [0.2, 0.25) is 0 Å². The lowest BCUT2D eigenvalue weighted by molar-refractivity contribution is 0.253. The van der Waals surface area contributed by atoms with Crippen LogP contribution in [0.25, 0.3) is 39.6 Å². The fraction of sp³-hybridized carbons (Fsp3) is 0.111. The first kappa shape index (κ1) is 27.3. The molecule has 0 amide bonds. The molecule has 0 atom stereocenters. The number of hydrogen-bond acceptors (Lipinski definition) is 6. The van der Waals surface area contributed by atoms with Crippen molar-refractivity contribution < 1.29 is 8.42 Å². The van der Waals surface area contributed by atoms with Crippen LogP contribution in [-0.4, -0.2) is 23.0 Å². The molecule has 4 aromatic carbocycles. The third kappa shape index (κ3) is 4.68. The van der Waals surface area contributed by atoms with Gasteiger partial charge >= 0.3 is 0 Å². The van der Waals surface area contributed by atoms with Crippen LogP contribution in [0.15, 0.2) is 126 Å². The SMILES string of the molecule is NC1(c2ccc(-c3c(-c4cccc(NS(=O)(=O)c5ccccc5)c4)nc4n3-c3cccnc3Nc3ccccc3-4)cc2)CCC1. The Balaban J connectivity index is 1.34. The summed E-state index contributed by atoms with van der Waals surface area (Å²) in [6.45, 7) is 0. The summed E-state index contributed by atoms with van der Waals surface area (Å²) in [5.41, 5.74) is 14.0. The first-order chi connectivity index (χ1) is 21.9. The van der Waals surface area contributed by atoms with E-state index in [2.05, 4.69) is 43.9 Å². The maximum absolute atomic E-state index is 13.2. The second-order valence-electron chi connectivity index (χ2n) is 11.6. The fourth-order valence-corrected chi connectivity index (χ4v) is 7.31. The van der Waals surface area contributed by atoms with E-state index >= 15 is 0 Å². The lowest BCUT2D eigenvalue weighted by atomic mass is 9.72. The van der Waals surface area contributed by atoms with Gasteiger partial charge in [0.25, 0.3) is 10.0 Å². The van der Waals surface area contributed by atoms with E-state index in [9.17, 15) is 8.42 Å². The molecule has 0 radical (unpaired) electrons. The molecule has 0 unspecified atom stereocenters. The third-order valence-corrected chi connectivity index (χ3v) is 10.1. The molecule has 8 nitrogen and oxygen atoms in total. The predicted octanol–water partition coefficient (Wildman–Crippen LogP) is 7.46. The molecule has 222 valence electrons. The van der Waals surface area contributed by atoms with Crippen LogP contribution in [0.2, 0.25) is 0 Å². The smallest absolute Gasteiger partial charge is 0.261 e. The van der Waals surface area contributed by atoms with Gasteiger partial charge in [0.1, 0.15) is 5.82 Å². The van der Waals surface area contributed by atoms with Gasteiger partial charge < -0.3 is 11.1 Å². The molecular formula is C36H30N6O2S. The van der Waals surface area contributed by atoms with Crippen molar-refractivity contribution in [3.8, 4) is 39.6 Å². The van der Waals surface area contributed by atoms with Gasteiger partial charge in [0, 0.05) is 34.1 Å². The average molecular weight is 611 g/mol. The summed E-state index contributed by atoms with van der Waals surface area (Å²) < 4.78 is 31.3. The van der Waals surface area contributed by atoms with Gasteiger partial charge in [-0.05, 0) is 73.4 Å². The van der Waals surface area contributed by atoms with Crippen molar-refractivity contribution in [3.05, 3.63) is 127 Å². The second kappa shape index (κ2) is 10.4. The highest BCUT2D eigenvalue weighted by Crippen LogP contribution is 2.45. The quantitative estimate of drug-likeness (QED) is 0.180. The van der Waals surface area contributed by atoms with Crippen LogP contribution >= 0.6 is 0 Å². The highest BCUT2D eigenvalue weighted by molar-refractivity contribution is 7.92. The Morgan fingerprint density at radius 1 is 0.822 bits per heavy atom. The lowest BCUT2D eigenvalue weighted by Crippen LogP contribution is -2.43. The molecule has 1 fully saturated rings. The van der Waals surface area contributed by atoms with Crippen LogP contribution in [0.5, 0.6) is 0 Å². The van der Waals surface area contributed by atoms with Gasteiger partial charge in [-0.15, -0.1) is 0 Å². The maximum atomic E-state index is 13.2. The minimum absolute atomic E-state index is 0.197. The van der Waals surface area contributed by atoms with Crippen molar-refractivity contribution in [1.29, 1.82) is 0 Å². The molecule has 2 aromatic heterocycles. The van der Waals surface area contributed by atoms with E-state index in [4.69, 9.17) is 10.7 Å². The number of pyridine rings is 1. The number of benzene rings is 4. The van der Waals surface area contributed by atoms with E-state index < -0.39 is 10.0 Å². The maximum Gasteiger partial charge on any atom is 0.261 e. The standard InChI is InChI=1S/C36H30N6O2S/c37-36(20-8-21-36)26-18-16-24(17-19-26)33-32(25-9-6-10-27(23-25)41-45(43,44)28-11-2-1-3-12-28)40-35-29-13-4-5-14-30(29)39-34-31(42(33)35)15-7-22-38-34/h1-7,9-19,22-23,41H,8,20-21,37H2,(H,38,39). The van der Waals surface area contributed by atoms with E-state index in [0.29, 0.717) is 11.5 Å². The first-order valence-electron chi connectivity index (χ1n) is 14.9. The summed E-state index contributed by atoms with van der Waals surface area (Å²) >= 11 is 0. The molecule has 0 spiro atoms. The number of sulfonamides is 1. The number of anilines is 3. The monoisotopic (exact) mass is 610 g/mol. The minimum Gasteiger partial charge on any atom is -0.338 e. The largest absolute Gasteiger partial charge is 0.338 e. The number of imidazole rings is 1. The van der Waals surface area contributed by atoms with Crippen LogP contribution in [0.3, 0.4) is 0 Å². The molecule has 8 rings (SSSR count). The van der Waals surface area contributed by atoms with Crippen molar-refractivity contribution in [3.63, 3.8) is 0 Å². The van der Waals surface area contributed by atoms with Gasteiger partial charge in [-0.1, -0.05) is 66.7 Å². The summed E-state index contributed by atoms with van der Waals surface area (Å²) in [6.07, 6.45) is 4.87. The summed E-state index contributed by atoms with van der Waals surface area (Å²) in [7, 11) is -3.78. The number of nitrogens with zero attached hydrogens (tertiary/aromatic N) is 3. The molecular weight excluding hydrogens is 581 g/mol. The van der Waals surface area contributed by atoms with E-state index in [1.807, 2.05) is 54.6 Å². The zero-order chi connectivity index (χ0) is 30.6. The number of fused-ring (bicyclic) bond motifs is 5. The van der Waals surface area contributed by atoms with Crippen LogP contribution in [-0.2, 0) is 15.6 Å². The van der Waals surface area contributed by atoms with Crippen molar-refractivity contribution in [2.75, 3.05) is 10.0 Å². The van der Waals surface area contributed by atoms with Gasteiger partial charge in [0.05, 0.1) is 27.7 Å². The van der Waals surface area contributed by atoms with Gasteiger partial charge in [0.15, 0.2) is 5.82 Å². The molecule has 4 N–H and O–H groups in total. The Morgan fingerprint density at radius 3 is 2.38 bits per heavy atom. The number of nitrogens with one attached hydrogen (secondary N) is 2. The Kier molecular flexibility index (Phi) is 6.33. The Bertz CT molecular complexity index is 2170. The molecule has 3 heterocycles. The molecule has 2 aliphatic rings. The summed E-state index contributed by atoms with van der Waals surface area (Å²) in [6, 6.07) is 36.2. The van der Waals surface area contributed by atoms with Gasteiger partial charge in [-0.2, -0.15) is 0 Å². The number of hydrogen-bond donors (Lipinski definition) is 3. The van der Waals surface area contributed by atoms with Crippen LogP contribution in [0.4, 0.5) is 17.2 Å². The summed E-state index contributed by atoms with van der Waals surface area (Å²) in [4.78, 5) is 10.2. The van der Waals surface area contributed by atoms with Gasteiger partial charge in [-0.25, -0.2) is 18.4 Å². The van der Waals surface area contributed by atoms with E-state index in [-0.39, 0.29) is 10.4 Å². The number of para-hydroxylation sites is 1. The zero-order valence-electron chi connectivity index (χ0n) is 24.3. The van der Waals surface area contributed by atoms with E-state index in [1.54, 1.807) is 42.6 Å². The summed E-state index contributed by atoms with van der Waals surface area (Å²) in [5.74, 6) is 1.47. The van der Waals surface area contributed by atoms with Crippen molar-refractivity contribution in [2.45, 2.75) is 29.7 Å². The topological polar surface area (TPSA) is 115 Å². The molecule has 1 saturated carbocycles. The van der Waals surface area contributed by atoms with Crippen molar-refractivity contribution in [1.82, 2.24) is 14.5 Å². The normalized spacial score (nSPS) is 14.6. The first-order valence-corrected chi connectivity index (χ1v) is 16.4. The van der Waals surface area contributed by atoms with Crippen molar-refractivity contribution >= 4 is 27.2 Å². The fourth-order valence-electron chi connectivity index (χ4n) is 6.24. The van der Waals surface area contributed by atoms with E-state index in [1.165, 1.54) is 0 Å². The predicted molar refractivity (Wildman–Crippen MR) is 178 cm³/mol. The molecule has 0 saturated heterocycles. The Labute approximate surface area is 261 Å². The Hall–Kier alpha value is -5.25. The number of nitrogens with two attached hydrogens (primary N) is 1. The molecule has 9 heteroatoms. The summed E-state index contributed by atoms with van der Waals surface area (Å²) in [5, 5.41) is 3.50. The second-order valence-corrected chi connectivity index (χ2v) is 13.3. The molecule has 1 aliphatic carbocycles. The number of aromatic nitrogens is 3. The minimum atomic E-state index is -3.78.